The number of rotatable bonds is 18. The van der Waals surface area contributed by atoms with Crippen LogP contribution in [0.3, 0.4) is 0 Å². The van der Waals surface area contributed by atoms with Crippen molar-refractivity contribution < 1.29 is 43.0 Å². The lowest BCUT2D eigenvalue weighted by Crippen LogP contribution is -2.57. The predicted molar refractivity (Wildman–Crippen MR) is 169 cm³/mol. The van der Waals surface area contributed by atoms with Crippen molar-refractivity contribution in [1.29, 1.82) is 0 Å². The second-order valence-corrected chi connectivity index (χ2v) is 12.2. The first-order valence-electron chi connectivity index (χ1n) is 15.3. The average Bonchev–Trinajstić information content (AvgIpc) is 3.72. The molecule has 1 aliphatic rings. The van der Waals surface area contributed by atoms with E-state index in [-0.39, 0.29) is 44.8 Å². The van der Waals surface area contributed by atoms with Gasteiger partial charge in [-0.25, -0.2) is 9.59 Å². The van der Waals surface area contributed by atoms with Crippen molar-refractivity contribution in [3.8, 4) is 0 Å². The minimum absolute atomic E-state index is 0.0769. The number of nitrogens with two attached hydrogens (primary N) is 1. The van der Waals surface area contributed by atoms with E-state index in [2.05, 4.69) is 16.0 Å². The summed E-state index contributed by atoms with van der Waals surface area (Å²) in [5, 5.41) is 9.74. The number of likely N-dealkylation sites (tertiary alicyclic amines) is 1. The molecule has 0 unspecified atom stereocenters. The molecule has 2 heterocycles. The summed E-state index contributed by atoms with van der Waals surface area (Å²) in [6.07, 6.45) is 3.83. The molecule has 14 nitrogen and oxygen atoms in total. The van der Waals surface area contributed by atoms with E-state index < -0.39 is 65.6 Å². The summed E-state index contributed by atoms with van der Waals surface area (Å²) in [4.78, 5) is 90.9. The van der Waals surface area contributed by atoms with Crippen molar-refractivity contribution in [2.24, 2.45) is 11.7 Å². The summed E-state index contributed by atoms with van der Waals surface area (Å²) < 4.78 is 9.70. The van der Waals surface area contributed by atoms with Gasteiger partial charge in [-0.2, -0.15) is 0 Å². The van der Waals surface area contributed by atoms with Crippen LogP contribution in [0.5, 0.6) is 0 Å². The van der Waals surface area contributed by atoms with Gasteiger partial charge in [0.2, 0.25) is 23.6 Å². The van der Waals surface area contributed by atoms with Gasteiger partial charge in [0.25, 0.3) is 5.91 Å². The molecule has 2 rings (SSSR count). The Morgan fingerprint density at radius 1 is 1.07 bits per heavy atom. The average molecular weight is 664 g/mol. The monoisotopic (exact) mass is 663 g/mol. The third kappa shape index (κ3) is 12.3. The zero-order valence-corrected chi connectivity index (χ0v) is 27.6. The minimum atomic E-state index is -1.24. The number of primary amides is 1. The van der Waals surface area contributed by atoms with E-state index >= 15 is 0 Å². The van der Waals surface area contributed by atoms with Crippen LogP contribution in [0.15, 0.2) is 29.7 Å². The molecule has 0 aromatic carbocycles. The number of thiophene rings is 1. The van der Waals surface area contributed by atoms with Gasteiger partial charge in [-0.1, -0.05) is 26.0 Å². The molecule has 46 heavy (non-hydrogen) atoms. The number of carbonyl (C=O) groups is 7. The standard InChI is InChI=1S/C31H45N5O9S/c1-5-45-26(38)13-7-6-10-20(33-29(41)24-12-9-17-46-24)27(39)34-21(14-15-25(32)37)30(42)36-16-8-11-23(36)28(40)35-22(18-19(2)3)31(43)44-4/h7,9,12-13,17,19-23H,5-6,8,10-11,14-16,18H2,1-4H3,(H2,32,37)(H,33,41)(H,34,39)(H,35,40)/b13-7+/t20-,21-,22-,23+/m1/s1. The highest BCUT2D eigenvalue weighted by atomic mass is 32.1. The number of esters is 2. The summed E-state index contributed by atoms with van der Waals surface area (Å²) in [6.45, 7) is 5.88. The topological polar surface area (TPSA) is 203 Å². The maximum absolute atomic E-state index is 13.8. The molecule has 1 aliphatic heterocycles. The maximum Gasteiger partial charge on any atom is 0.330 e. The summed E-state index contributed by atoms with van der Waals surface area (Å²) >= 11 is 1.18. The van der Waals surface area contributed by atoms with Gasteiger partial charge in [0.15, 0.2) is 0 Å². The van der Waals surface area contributed by atoms with E-state index in [1.54, 1.807) is 24.4 Å². The Morgan fingerprint density at radius 3 is 2.41 bits per heavy atom. The number of carbonyl (C=O) groups excluding carboxylic acids is 7. The third-order valence-electron chi connectivity index (χ3n) is 7.17. The van der Waals surface area contributed by atoms with E-state index in [0.29, 0.717) is 24.1 Å². The van der Waals surface area contributed by atoms with Gasteiger partial charge >= 0.3 is 11.9 Å². The fourth-order valence-corrected chi connectivity index (χ4v) is 5.58. The van der Waals surface area contributed by atoms with Crippen molar-refractivity contribution >= 4 is 52.8 Å². The first-order chi connectivity index (χ1) is 21.9. The molecule has 5 N–H and O–H groups in total. The van der Waals surface area contributed by atoms with E-state index in [0.717, 1.165) is 0 Å². The molecule has 15 heteroatoms. The summed E-state index contributed by atoms with van der Waals surface area (Å²) in [5.41, 5.74) is 5.36. The Balaban J connectivity index is 2.25. The highest BCUT2D eigenvalue weighted by Crippen LogP contribution is 2.21. The molecular weight excluding hydrogens is 618 g/mol. The Bertz CT molecular complexity index is 1250. The SMILES string of the molecule is CCOC(=O)/C=C/CC[C@@H](NC(=O)c1cccs1)C(=O)N[C@H](CCC(N)=O)C(=O)N1CCC[C@H]1C(=O)N[C@H](CC(C)C)C(=O)OC. The van der Waals surface area contributed by atoms with E-state index in [1.807, 2.05) is 13.8 Å². The van der Waals surface area contributed by atoms with E-state index in [9.17, 15) is 33.6 Å². The third-order valence-corrected chi connectivity index (χ3v) is 8.04. The van der Waals surface area contributed by atoms with Crippen LogP contribution >= 0.6 is 11.3 Å². The molecule has 0 saturated carbocycles. The van der Waals surface area contributed by atoms with Crippen molar-refractivity contribution in [1.82, 2.24) is 20.9 Å². The summed E-state index contributed by atoms with van der Waals surface area (Å²) in [5.74, 6) is -4.08. The van der Waals surface area contributed by atoms with Crippen LogP contribution in [0.25, 0.3) is 0 Å². The lowest BCUT2D eigenvalue weighted by Gasteiger charge is -2.30. The van der Waals surface area contributed by atoms with Gasteiger partial charge in [0, 0.05) is 19.0 Å². The van der Waals surface area contributed by atoms with Crippen LogP contribution in [0, 0.1) is 5.92 Å². The van der Waals surface area contributed by atoms with Crippen LogP contribution in [0.1, 0.15) is 75.4 Å². The van der Waals surface area contributed by atoms with Gasteiger partial charge in [-0.15, -0.1) is 11.3 Å². The van der Waals surface area contributed by atoms with Crippen LogP contribution in [0.2, 0.25) is 0 Å². The first kappa shape index (κ1) is 37.9. The fraction of sp³-hybridized carbons (Fsp3) is 0.581. The molecule has 1 saturated heterocycles. The van der Waals surface area contributed by atoms with Crippen molar-refractivity contribution in [3.63, 3.8) is 0 Å². The fourth-order valence-electron chi connectivity index (χ4n) is 4.95. The molecular formula is C31H45N5O9S. The molecule has 4 atom stereocenters. The highest BCUT2D eigenvalue weighted by Gasteiger charge is 2.39. The van der Waals surface area contributed by atoms with Gasteiger partial charge in [0.1, 0.15) is 24.2 Å². The molecule has 0 bridgehead atoms. The van der Waals surface area contributed by atoms with Gasteiger partial charge in [0.05, 0.1) is 18.6 Å². The number of nitrogens with one attached hydrogen (secondary N) is 3. The Kier molecular flexibility index (Phi) is 15.9. The molecule has 0 radical (unpaired) electrons. The second-order valence-electron chi connectivity index (χ2n) is 11.2. The molecule has 1 aromatic rings. The number of amides is 5. The lowest BCUT2D eigenvalue weighted by molar-refractivity contribution is -0.147. The Hall–Kier alpha value is -4.27. The maximum atomic E-state index is 13.8. The van der Waals surface area contributed by atoms with Crippen molar-refractivity contribution in [2.45, 2.75) is 89.9 Å². The summed E-state index contributed by atoms with van der Waals surface area (Å²) in [6, 6.07) is -0.877. The van der Waals surface area contributed by atoms with Crippen molar-refractivity contribution in [3.05, 3.63) is 34.5 Å². The zero-order valence-electron chi connectivity index (χ0n) is 26.7. The van der Waals surface area contributed by atoms with E-state index in [1.165, 1.54) is 35.5 Å². The Morgan fingerprint density at radius 2 is 1.80 bits per heavy atom. The smallest absolute Gasteiger partial charge is 0.330 e. The number of hydrogen-bond acceptors (Lipinski definition) is 10. The Labute approximate surface area is 272 Å². The lowest BCUT2D eigenvalue weighted by atomic mass is 10.0. The predicted octanol–water partition coefficient (Wildman–Crippen LogP) is 1.19. The number of nitrogens with zero attached hydrogens (tertiary/aromatic N) is 1. The molecule has 254 valence electrons. The minimum Gasteiger partial charge on any atom is -0.467 e. The zero-order chi connectivity index (χ0) is 34.2. The largest absolute Gasteiger partial charge is 0.467 e. The van der Waals surface area contributed by atoms with Gasteiger partial charge in [-0.3, -0.25) is 24.0 Å². The number of hydrogen-bond donors (Lipinski definition) is 4. The van der Waals surface area contributed by atoms with Crippen LogP contribution in [-0.2, 0) is 38.2 Å². The highest BCUT2D eigenvalue weighted by molar-refractivity contribution is 7.12. The molecule has 5 amide bonds. The number of methoxy groups -OCH3 is 1. The van der Waals surface area contributed by atoms with Gasteiger partial charge < -0.3 is 36.1 Å². The van der Waals surface area contributed by atoms with Crippen LogP contribution < -0.4 is 21.7 Å². The number of allylic oxidation sites excluding steroid dienone is 1. The first-order valence-corrected chi connectivity index (χ1v) is 16.2. The summed E-state index contributed by atoms with van der Waals surface area (Å²) in [7, 11) is 1.23. The molecule has 0 spiro atoms. The second kappa shape index (κ2) is 19.3. The van der Waals surface area contributed by atoms with Gasteiger partial charge in [-0.05, 0) is 62.8 Å². The number of ether oxygens (including phenoxy) is 2. The normalized spacial score (nSPS) is 16.4. The molecule has 1 aromatic heterocycles. The quantitative estimate of drug-likeness (QED) is 0.131. The van der Waals surface area contributed by atoms with E-state index in [4.69, 9.17) is 15.2 Å². The van der Waals surface area contributed by atoms with Crippen LogP contribution in [0.4, 0.5) is 0 Å². The molecule has 0 aliphatic carbocycles. The molecule has 1 fully saturated rings. The van der Waals surface area contributed by atoms with Crippen molar-refractivity contribution in [2.75, 3.05) is 20.3 Å². The van der Waals surface area contributed by atoms with Crippen LogP contribution in [-0.4, -0.2) is 90.8 Å².